The standard InChI is InChI=1S/C22H24N2O5/c1-22(2,3)29-21(27)24-16(12-19(23)25)20(26)14-8-6-10-18-15(14)11-13-7-4-5-9-17(13)28-18/h4-10,16H,11-12H2,1-3H3,(H2,23,25)(H,24,27)/t16-/m0/s1. The number of ketones is 1. The molecular weight excluding hydrogens is 372 g/mol. The molecule has 3 N–H and O–H groups in total. The number of primary amides is 1. The lowest BCUT2D eigenvalue weighted by Gasteiger charge is -2.25. The number of fused-ring (bicyclic) bond motifs is 2. The van der Waals surface area contributed by atoms with Crippen LogP contribution in [0.2, 0.25) is 0 Å². The molecule has 0 unspecified atom stereocenters. The molecule has 152 valence electrons. The fourth-order valence-electron chi connectivity index (χ4n) is 3.18. The van der Waals surface area contributed by atoms with Gasteiger partial charge in [0.1, 0.15) is 23.1 Å². The van der Waals surface area contributed by atoms with Crippen LogP contribution in [0.1, 0.15) is 48.7 Å². The van der Waals surface area contributed by atoms with Crippen LogP contribution in [0.15, 0.2) is 42.5 Å². The molecule has 0 spiro atoms. The molecule has 0 fully saturated rings. The molecule has 1 atom stereocenters. The highest BCUT2D eigenvalue weighted by molar-refractivity contribution is 6.05. The summed E-state index contributed by atoms with van der Waals surface area (Å²) in [5.74, 6) is 0.190. The molecule has 0 saturated carbocycles. The van der Waals surface area contributed by atoms with E-state index in [0.717, 1.165) is 11.3 Å². The van der Waals surface area contributed by atoms with Crippen molar-refractivity contribution in [3.05, 3.63) is 59.2 Å². The Hall–Kier alpha value is -3.35. The minimum atomic E-state index is -1.13. The second-order valence-corrected chi connectivity index (χ2v) is 7.90. The van der Waals surface area contributed by atoms with Crippen LogP contribution in [0.4, 0.5) is 4.79 Å². The van der Waals surface area contributed by atoms with Gasteiger partial charge in [-0.25, -0.2) is 4.79 Å². The monoisotopic (exact) mass is 396 g/mol. The van der Waals surface area contributed by atoms with Gasteiger partial charge in [0.05, 0.1) is 6.42 Å². The number of benzene rings is 2. The molecule has 2 aromatic carbocycles. The van der Waals surface area contributed by atoms with Crippen molar-refractivity contribution in [3.8, 4) is 11.5 Å². The number of carbonyl (C=O) groups is 3. The van der Waals surface area contributed by atoms with E-state index >= 15 is 0 Å². The van der Waals surface area contributed by atoms with E-state index in [1.165, 1.54) is 0 Å². The Morgan fingerprint density at radius 2 is 1.79 bits per heavy atom. The van der Waals surface area contributed by atoms with E-state index in [1.54, 1.807) is 39.0 Å². The summed E-state index contributed by atoms with van der Waals surface area (Å²) in [7, 11) is 0. The summed E-state index contributed by atoms with van der Waals surface area (Å²) in [6.07, 6.45) is -0.619. The van der Waals surface area contributed by atoms with Crippen LogP contribution in [0.3, 0.4) is 0 Å². The van der Waals surface area contributed by atoms with Gasteiger partial charge in [0.25, 0.3) is 0 Å². The molecular formula is C22H24N2O5. The zero-order valence-corrected chi connectivity index (χ0v) is 16.7. The molecule has 2 amide bonds. The first-order valence-corrected chi connectivity index (χ1v) is 9.34. The Morgan fingerprint density at radius 1 is 1.10 bits per heavy atom. The molecule has 7 heteroatoms. The van der Waals surface area contributed by atoms with Crippen LogP contribution in [-0.2, 0) is 16.0 Å². The third-order valence-corrected chi connectivity index (χ3v) is 4.37. The van der Waals surface area contributed by atoms with Gasteiger partial charge in [-0.1, -0.05) is 30.3 Å². The van der Waals surface area contributed by atoms with Crippen molar-refractivity contribution in [2.24, 2.45) is 5.73 Å². The first-order valence-electron chi connectivity index (χ1n) is 9.34. The molecule has 29 heavy (non-hydrogen) atoms. The van der Waals surface area contributed by atoms with E-state index in [-0.39, 0.29) is 6.42 Å². The van der Waals surface area contributed by atoms with Crippen LogP contribution in [0, 0.1) is 0 Å². The Kier molecular flexibility index (Phi) is 5.59. The highest BCUT2D eigenvalue weighted by Crippen LogP contribution is 2.38. The molecule has 0 aliphatic carbocycles. The predicted octanol–water partition coefficient (Wildman–Crippen LogP) is 3.33. The molecule has 0 bridgehead atoms. The lowest BCUT2D eigenvalue weighted by atomic mass is 9.91. The highest BCUT2D eigenvalue weighted by Gasteiger charge is 2.30. The van der Waals surface area contributed by atoms with Crippen LogP contribution in [-0.4, -0.2) is 29.4 Å². The third kappa shape index (κ3) is 4.93. The Bertz CT molecular complexity index is 962. The summed E-state index contributed by atoms with van der Waals surface area (Å²) in [4.78, 5) is 36.9. The second kappa shape index (κ2) is 7.95. The zero-order valence-electron chi connectivity index (χ0n) is 16.7. The SMILES string of the molecule is CC(C)(C)OC(=O)N[C@@H](CC(N)=O)C(=O)c1cccc2c1Cc1ccccc1O2. The van der Waals surface area contributed by atoms with Gasteiger partial charge in [-0.3, -0.25) is 9.59 Å². The fourth-order valence-corrected chi connectivity index (χ4v) is 3.18. The molecule has 1 heterocycles. The highest BCUT2D eigenvalue weighted by atomic mass is 16.6. The molecule has 0 radical (unpaired) electrons. The van der Waals surface area contributed by atoms with Crippen molar-refractivity contribution in [2.45, 2.75) is 45.3 Å². The van der Waals surface area contributed by atoms with Crippen molar-refractivity contribution < 1.29 is 23.9 Å². The number of hydrogen-bond acceptors (Lipinski definition) is 5. The summed E-state index contributed by atoms with van der Waals surface area (Å²) in [5.41, 5.74) is 6.59. The zero-order chi connectivity index (χ0) is 21.2. The molecule has 2 aromatic rings. The van der Waals surface area contributed by atoms with Gasteiger partial charge in [0.15, 0.2) is 5.78 Å². The average Bonchev–Trinajstić information content (AvgIpc) is 2.63. The first-order chi connectivity index (χ1) is 13.6. The van der Waals surface area contributed by atoms with Crippen molar-refractivity contribution in [1.82, 2.24) is 5.32 Å². The molecule has 1 aliphatic heterocycles. The minimum absolute atomic E-state index is 0.334. The van der Waals surface area contributed by atoms with Crippen molar-refractivity contribution in [3.63, 3.8) is 0 Å². The van der Waals surface area contributed by atoms with Crippen molar-refractivity contribution in [1.29, 1.82) is 0 Å². The number of carbonyl (C=O) groups excluding carboxylic acids is 3. The quantitative estimate of drug-likeness (QED) is 0.643. The lowest BCUT2D eigenvalue weighted by molar-refractivity contribution is -0.118. The minimum Gasteiger partial charge on any atom is -0.457 e. The fraction of sp³-hybridized carbons (Fsp3) is 0.318. The molecule has 3 rings (SSSR count). The number of nitrogens with two attached hydrogens (primary N) is 1. The smallest absolute Gasteiger partial charge is 0.408 e. The van der Waals surface area contributed by atoms with Crippen molar-refractivity contribution in [2.75, 3.05) is 0 Å². The second-order valence-electron chi connectivity index (χ2n) is 7.90. The van der Waals surface area contributed by atoms with Gasteiger partial charge in [-0.15, -0.1) is 0 Å². The number of ether oxygens (including phenoxy) is 2. The number of alkyl carbamates (subject to hydrolysis) is 1. The van der Waals surface area contributed by atoms with Gasteiger partial charge in [0.2, 0.25) is 5.91 Å². The maximum Gasteiger partial charge on any atom is 0.408 e. The Morgan fingerprint density at radius 3 is 2.48 bits per heavy atom. The summed E-state index contributed by atoms with van der Waals surface area (Å²) >= 11 is 0. The van der Waals surface area contributed by atoms with Gasteiger partial charge < -0.3 is 20.5 Å². The maximum absolute atomic E-state index is 13.2. The van der Waals surface area contributed by atoms with E-state index in [4.69, 9.17) is 15.2 Å². The molecule has 7 nitrogen and oxygen atoms in total. The van der Waals surface area contributed by atoms with E-state index in [9.17, 15) is 14.4 Å². The number of hydrogen-bond donors (Lipinski definition) is 2. The number of para-hydroxylation sites is 1. The summed E-state index contributed by atoms with van der Waals surface area (Å²) in [6, 6.07) is 11.6. The van der Waals surface area contributed by atoms with Crippen LogP contribution in [0.5, 0.6) is 11.5 Å². The third-order valence-electron chi connectivity index (χ3n) is 4.37. The first kappa shape index (κ1) is 20.4. The number of rotatable bonds is 5. The van der Waals surface area contributed by atoms with E-state index in [2.05, 4.69) is 5.32 Å². The van der Waals surface area contributed by atoms with Gasteiger partial charge in [-0.05, 0) is 38.5 Å². The molecule has 0 saturated heterocycles. The number of nitrogens with one attached hydrogen (secondary N) is 1. The molecule has 1 aliphatic rings. The normalized spacial score (nSPS) is 13.3. The summed E-state index contributed by atoms with van der Waals surface area (Å²) < 4.78 is 11.1. The molecule has 0 aromatic heterocycles. The lowest BCUT2D eigenvalue weighted by Crippen LogP contribution is -2.45. The van der Waals surface area contributed by atoms with Crippen LogP contribution >= 0.6 is 0 Å². The maximum atomic E-state index is 13.2. The van der Waals surface area contributed by atoms with E-state index in [0.29, 0.717) is 23.3 Å². The summed E-state index contributed by atoms with van der Waals surface area (Å²) in [5, 5.41) is 2.48. The predicted molar refractivity (Wildman–Crippen MR) is 107 cm³/mol. The average molecular weight is 396 g/mol. The topological polar surface area (TPSA) is 108 Å². The van der Waals surface area contributed by atoms with Gasteiger partial charge in [0, 0.05) is 17.5 Å². The van der Waals surface area contributed by atoms with Gasteiger partial charge >= 0.3 is 6.09 Å². The van der Waals surface area contributed by atoms with Gasteiger partial charge in [-0.2, -0.15) is 0 Å². The van der Waals surface area contributed by atoms with E-state index < -0.39 is 29.4 Å². The number of Topliss-reactive ketones (excluding diaryl/α,β-unsaturated/α-hetero) is 1. The Labute approximate surface area is 169 Å². The van der Waals surface area contributed by atoms with E-state index in [1.807, 2.05) is 24.3 Å². The summed E-state index contributed by atoms with van der Waals surface area (Å²) in [6.45, 7) is 5.12. The largest absolute Gasteiger partial charge is 0.457 e. The Balaban J connectivity index is 1.89. The van der Waals surface area contributed by atoms with Crippen LogP contribution in [0.25, 0.3) is 0 Å². The van der Waals surface area contributed by atoms with Crippen LogP contribution < -0.4 is 15.8 Å². The number of amides is 2. The van der Waals surface area contributed by atoms with Crippen molar-refractivity contribution >= 4 is 17.8 Å².